The van der Waals surface area contributed by atoms with Crippen molar-refractivity contribution in [2.45, 2.75) is 64.4 Å². The van der Waals surface area contributed by atoms with Gasteiger partial charge in [0, 0.05) is 17.4 Å². The fourth-order valence-corrected chi connectivity index (χ4v) is 4.84. The number of carbonyl (C=O) groups excluding carboxylic acids is 1. The minimum atomic E-state index is -0.614. The lowest BCUT2D eigenvalue weighted by molar-refractivity contribution is -0.106. The number of hydrogen-bond donors (Lipinski definition) is 2. The molecule has 3 heteroatoms. The number of benzene rings is 1. The molecule has 2 aliphatic carbocycles. The van der Waals surface area contributed by atoms with Gasteiger partial charge >= 0.3 is 0 Å². The van der Waals surface area contributed by atoms with Crippen LogP contribution >= 0.6 is 0 Å². The highest BCUT2D eigenvalue weighted by Gasteiger charge is 2.56. The first-order valence-electron chi connectivity index (χ1n) is 8.70. The predicted octanol–water partition coefficient (Wildman–Crippen LogP) is 3.42. The van der Waals surface area contributed by atoms with Crippen LogP contribution in [0.1, 0.15) is 74.4 Å². The van der Waals surface area contributed by atoms with E-state index in [1.54, 1.807) is 0 Å². The Morgan fingerprint density at radius 1 is 1.30 bits per heavy atom. The summed E-state index contributed by atoms with van der Waals surface area (Å²) in [6.45, 7) is 8.33. The molecule has 0 bridgehead atoms. The zero-order valence-corrected chi connectivity index (χ0v) is 14.6. The van der Waals surface area contributed by atoms with Crippen LogP contribution in [0.2, 0.25) is 0 Å². The average Bonchev–Trinajstić information content (AvgIpc) is 2.53. The lowest BCUT2D eigenvalue weighted by Crippen LogP contribution is -2.57. The van der Waals surface area contributed by atoms with Crippen molar-refractivity contribution in [1.29, 1.82) is 0 Å². The second kappa shape index (κ2) is 5.42. The van der Waals surface area contributed by atoms with E-state index in [9.17, 15) is 15.0 Å². The van der Waals surface area contributed by atoms with Crippen molar-refractivity contribution in [1.82, 2.24) is 0 Å². The molecule has 0 spiro atoms. The van der Waals surface area contributed by atoms with Crippen LogP contribution in [0.25, 0.3) is 0 Å². The van der Waals surface area contributed by atoms with Gasteiger partial charge < -0.3 is 10.2 Å². The van der Waals surface area contributed by atoms with E-state index in [0.717, 1.165) is 17.5 Å². The summed E-state index contributed by atoms with van der Waals surface area (Å²) in [5.41, 5.74) is 2.38. The van der Waals surface area contributed by atoms with Gasteiger partial charge in [-0.3, -0.25) is 4.79 Å². The molecule has 3 nitrogen and oxygen atoms in total. The van der Waals surface area contributed by atoms with Crippen molar-refractivity contribution >= 4 is 5.78 Å². The first-order valence-corrected chi connectivity index (χ1v) is 8.70. The molecule has 0 heterocycles. The topological polar surface area (TPSA) is 57.5 Å². The molecule has 4 unspecified atom stereocenters. The Bertz CT molecular complexity index is 636. The smallest absolute Gasteiger partial charge is 0.163 e. The molecule has 2 N–H and O–H groups in total. The van der Waals surface area contributed by atoms with E-state index in [4.69, 9.17) is 0 Å². The summed E-state index contributed by atoms with van der Waals surface area (Å²) in [7, 11) is 0. The maximum Gasteiger partial charge on any atom is 0.163 e. The predicted molar refractivity (Wildman–Crippen MR) is 90.8 cm³/mol. The Hall–Kier alpha value is -1.19. The van der Waals surface area contributed by atoms with Crippen molar-refractivity contribution in [3.05, 3.63) is 34.9 Å². The SMILES string of the molecule is CC(C)c1ccc2c(c1)C(=O)CC1C2(C)CCC(O)C1(C)CO. The zero-order chi connectivity index (χ0) is 17.0. The third-order valence-corrected chi connectivity index (χ3v) is 6.62. The summed E-state index contributed by atoms with van der Waals surface area (Å²) in [4.78, 5) is 12.8. The third kappa shape index (κ3) is 2.28. The minimum absolute atomic E-state index is 0.0198. The highest BCUT2D eigenvalue weighted by atomic mass is 16.3. The van der Waals surface area contributed by atoms with Gasteiger partial charge in [-0.1, -0.05) is 39.8 Å². The van der Waals surface area contributed by atoms with E-state index < -0.39 is 11.5 Å². The molecule has 1 saturated carbocycles. The van der Waals surface area contributed by atoms with E-state index in [-0.39, 0.29) is 23.7 Å². The number of rotatable bonds is 2. The van der Waals surface area contributed by atoms with Gasteiger partial charge in [0.15, 0.2) is 5.78 Å². The molecule has 1 aromatic rings. The second-order valence-electron chi connectivity index (χ2n) is 8.28. The molecule has 0 radical (unpaired) electrons. The Labute approximate surface area is 138 Å². The summed E-state index contributed by atoms with van der Waals surface area (Å²) in [6.07, 6.45) is 1.40. The van der Waals surface area contributed by atoms with E-state index >= 15 is 0 Å². The second-order valence-corrected chi connectivity index (χ2v) is 8.28. The number of fused-ring (bicyclic) bond motifs is 3. The van der Waals surface area contributed by atoms with Crippen LogP contribution in [0.3, 0.4) is 0 Å². The summed E-state index contributed by atoms with van der Waals surface area (Å²) >= 11 is 0. The van der Waals surface area contributed by atoms with Crippen LogP contribution in [-0.4, -0.2) is 28.7 Å². The number of aliphatic hydroxyl groups is 2. The van der Waals surface area contributed by atoms with Crippen molar-refractivity contribution in [2.24, 2.45) is 11.3 Å². The van der Waals surface area contributed by atoms with Crippen molar-refractivity contribution in [2.75, 3.05) is 6.61 Å². The third-order valence-electron chi connectivity index (χ3n) is 6.62. The van der Waals surface area contributed by atoms with Gasteiger partial charge in [-0.15, -0.1) is 0 Å². The lowest BCUT2D eigenvalue weighted by atomic mass is 9.49. The Balaban J connectivity index is 2.14. The van der Waals surface area contributed by atoms with Crippen LogP contribution in [0, 0.1) is 11.3 Å². The highest BCUT2D eigenvalue weighted by molar-refractivity contribution is 5.99. The molecule has 2 aliphatic rings. The molecule has 0 saturated heterocycles. The van der Waals surface area contributed by atoms with Crippen molar-refractivity contribution in [3.8, 4) is 0 Å². The van der Waals surface area contributed by atoms with Gasteiger partial charge in [-0.2, -0.15) is 0 Å². The molecular weight excluding hydrogens is 288 g/mol. The molecule has 3 rings (SSSR count). The van der Waals surface area contributed by atoms with Crippen LogP contribution in [0.5, 0.6) is 0 Å². The standard InChI is InChI=1S/C20H28O3/c1-12(2)13-5-6-15-14(9-13)16(22)10-17-19(15,3)8-7-18(23)20(17,4)11-21/h5-6,9,12,17-18,21,23H,7-8,10-11H2,1-4H3. The highest BCUT2D eigenvalue weighted by Crippen LogP contribution is 2.57. The maximum atomic E-state index is 12.8. The first-order chi connectivity index (χ1) is 10.7. The van der Waals surface area contributed by atoms with E-state index in [1.807, 2.05) is 6.92 Å². The Morgan fingerprint density at radius 3 is 2.61 bits per heavy atom. The number of hydrogen-bond acceptors (Lipinski definition) is 3. The quantitative estimate of drug-likeness (QED) is 0.879. The fourth-order valence-electron chi connectivity index (χ4n) is 4.84. The van der Waals surface area contributed by atoms with Gasteiger partial charge in [0.1, 0.15) is 0 Å². The molecular formula is C20H28O3. The minimum Gasteiger partial charge on any atom is -0.396 e. The summed E-state index contributed by atoms with van der Waals surface area (Å²) < 4.78 is 0. The Morgan fingerprint density at radius 2 is 2.00 bits per heavy atom. The zero-order valence-electron chi connectivity index (χ0n) is 14.6. The van der Waals surface area contributed by atoms with E-state index in [1.165, 1.54) is 5.56 Å². The summed E-state index contributed by atoms with van der Waals surface area (Å²) in [5.74, 6) is 0.530. The van der Waals surface area contributed by atoms with Crippen LogP contribution in [-0.2, 0) is 5.41 Å². The molecule has 0 amide bonds. The Kier molecular flexibility index (Phi) is 3.93. The van der Waals surface area contributed by atoms with Crippen LogP contribution in [0.15, 0.2) is 18.2 Å². The van der Waals surface area contributed by atoms with Crippen molar-refractivity contribution in [3.63, 3.8) is 0 Å². The van der Waals surface area contributed by atoms with Gasteiger partial charge in [0.2, 0.25) is 0 Å². The van der Waals surface area contributed by atoms with E-state index in [2.05, 4.69) is 39.0 Å². The molecule has 1 fully saturated rings. The molecule has 0 aromatic heterocycles. The molecule has 4 atom stereocenters. The van der Waals surface area contributed by atoms with E-state index in [0.29, 0.717) is 18.8 Å². The first kappa shape index (κ1) is 16.7. The molecule has 126 valence electrons. The summed E-state index contributed by atoms with van der Waals surface area (Å²) in [5, 5.41) is 20.4. The summed E-state index contributed by atoms with van der Waals surface area (Å²) in [6, 6.07) is 6.31. The van der Waals surface area contributed by atoms with Gasteiger partial charge in [-0.25, -0.2) is 0 Å². The largest absolute Gasteiger partial charge is 0.396 e. The average molecular weight is 316 g/mol. The maximum absolute atomic E-state index is 12.8. The van der Waals surface area contributed by atoms with Gasteiger partial charge in [0.05, 0.1) is 12.7 Å². The number of carbonyl (C=O) groups is 1. The van der Waals surface area contributed by atoms with Gasteiger partial charge in [0.25, 0.3) is 0 Å². The van der Waals surface area contributed by atoms with Crippen molar-refractivity contribution < 1.29 is 15.0 Å². The molecule has 0 aliphatic heterocycles. The lowest BCUT2D eigenvalue weighted by Gasteiger charge is -2.56. The number of Topliss-reactive ketones (excluding diaryl/α,β-unsaturated/α-hetero) is 1. The fraction of sp³-hybridized carbons (Fsp3) is 0.650. The van der Waals surface area contributed by atoms with Crippen LogP contribution < -0.4 is 0 Å². The van der Waals surface area contributed by atoms with Crippen LogP contribution in [0.4, 0.5) is 0 Å². The normalized spacial score (nSPS) is 36.7. The molecule has 23 heavy (non-hydrogen) atoms. The number of ketones is 1. The van der Waals surface area contributed by atoms with Gasteiger partial charge in [-0.05, 0) is 47.3 Å². The monoisotopic (exact) mass is 316 g/mol. The molecule has 1 aromatic carbocycles. The number of aliphatic hydroxyl groups excluding tert-OH is 2.